The number of carboxylic acids is 1. The molecule has 4 heteroatoms. The van der Waals surface area contributed by atoms with Gasteiger partial charge in [0.15, 0.2) is 0 Å². The molecule has 4 nitrogen and oxygen atoms in total. The summed E-state index contributed by atoms with van der Waals surface area (Å²) in [6, 6.07) is 7.73. The quantitative estimate of drug-likeness (QED) is 0.837. The Labute approximate surface area is 154 Å². The molecule has 0 saturated heterocycles. The molecule has 26 heavy (non-hydrogen) atoms. The largest absolute Gasteiger partial charge is 0.493 e. The third kappa shape index (κ3) is 4.23. The monoisotopic (exact) mass is 349 g/mol. The van der Waals surface area contributed by atoms with Crippen molar-refractivity contribution in [3.05, 3.63) is 58.9 Å². The van der Waals surface area contributed by atoms with Crippen molar-refractivity contribution in [2.24, 2.45) is 5.92 Å². The van der Waals surface area contributed by atoms with Gasteiger partial charge in [0.1, 0.15) is 5.75 Å². The molecule has 2 heterocycles. The highest BCUT2D eigenvalue weighted by Gasteiger charge is 2.22. The second-order valence-corrected chi connectivity index (χ2v) is 6.89. The molecule has 0 saturated carbocycles. The molecule has 3 rings (SSSR count). The van der Waals surface area contributed by atoms with Gasteiger partial charge >= 0.3 is 5.97 Å². The van der Waals surface area contributed by atoms with Crippen molar-refractivity contribution in [1.82, 2.24) is 4.98 Å². The minimum atomic E-state index is -0.900. The van der Waals surface area contributed by atoms with Gasteiger partial charge in [0.2, 0.25) is 0 Å². The van der Waals surface area contributed by atoms with Crippen LogP contribution < -0.4 is 4.74 Å². The highest BCUT2D eigenvalue weighted by atomic mass is 16.5. The molecule has 2 aromatic rings. The van der Waals surface area contributed by atoms with Crippen LogP contribution in [0.4, 0.5) is 0 Å². The fourth-order valence-corrected chi connectivity index (χ4v) is 3.23. The van der Waals surface area contributed by atoms with E-state index in [-0.39, 0.29) is 0 Å². The maximum absolute atomic E-state index is 11.4. The van der Waals surface area contributed by atoms with Crippen LogP contribution in [0.5, 0.6) is 5.75 Å². The molecule has 1 N–H and O–H groups in total. The third-order valence-corrected chi connectivity index (χ3v) is 4.58. The lowest BCUT2D eigenvalue weighted by Crippen LogP contribution is -2.15. The Kier molecular flexibility index (Phi) is 5.58. The van der Waals surface area contributed by atoms with Gasteiger partial charge in [0, 0.05) is 23.9 Å². The standard InChI is InChI=1S/C22H23NO3/c1-15(2)3-4-16-5-8-19-17(10-12-26-21(19)13-16)6-7-18-14-23-11-9-20(18)22(24)25/h5,8-9,11,13-15,17H,6-7,10,12H2,1-2H3,(H,24,25). The molecular weight excluding hydrogens is 326 g/mol. The number of hydrogen-bond donors (Lipinski definition) is 1. The average molecular weight is 349 g/mol. The van der Waals surface area contributed by atoms with Gasteiger partial charge in [0.25, 0.3) is 0 Å². The van der Waals surface area contributed by atoms with E-state index in [0.717, 1.165) is 29.7 Å². The van der Waals surface area contributed by atoms with Crippen molar-refractivity contribution in [2.45, 2.75) is 39.0 Å². The third-order valence-electron chi connectivity index (χ3n) is 4.58. The first-order valence-corrected chi connectivity index (χ1v) is 8.99. The lowest BCUT2D eigenvalue weighted by Gasteiger charge is -2.26. The van der Waals surface area contributed by atoms with E-state index in [9.17, 15) is 9.90 Å². The molecule has 1 aliphatic rings. The zero-order valence-electron chi connectivity index (χ0n) is 15.2. The Morgan fingerprint density at radius 1 is 1.38 bits per heavy atom. The predicted octanol–water partition coefficient (Wildman–Crippen LogP) is 4.29. The second kappa shape index (κ2) is 8.05. The highest BCUT2D eigenvalue weighted by molar-refractivity contribution is 5.89. The normalized spacial score (nSPS) is 15.6. The van der Waals surface area contributed by atoms with Crippen LogP contribution in [0.2, 0.25) is 0 Å². The minimum absolute atomic E-state index is 0.336. The van der Waals surface area contributed by atoms with Crippen molar-refractivity contribution >= 4 is 5.97 Å². The van der Waals surface area contributed by atoms with Gasteiger partial charge in [-0.15, -0.1) is 0 Å². The number of carboxylic acid groups (broad SMARTS) is 1. The predicted molar refractivity (Wildman–Crippen MR) is 101 cm³/mol. The number of aromatic nitrogens is 1. The van der Waals surface area contributed by atoms with Gasteiger partial charge in [-0.05, 0) is 54.5 Å². The van der Waals surface area contributed by atoms with E-state index in [0.29, 0.717) is 30.4 Å². The van der Waals surface area contributed by atoms with Crippen LogP contribution in [0.15, 0.2) is 36.7 Å². The number of hydrogen-bond acceptors (Lipinski definition) is 3. The Morgan fingerprint density at radius 2 is 2.23 bits per heavy atom. The fraction of sp³-hybridized carbons (Fsp3) is 0.364. The molecule has 1 aromatic carbocycles. The SMILES string of the molecule is CC(C)C#Cc1ccc2c(c1)OCCC2CCc1cnccc1C(=O)O. The summed E-state index contributed by atoms with van der Waals surface area (Å²) >= 11 is 0. The van der Waals surface area contributed by atoms with Crippen molar-refractivity contribution in [3.8, 4) is 17.6 Å². The minimum Gasteiger partial charge on any atom is -0.493 e. The van der Waals surface area contributed by atoms with Crippen molar-refractivity contribution in [2.75, 3.05) is 6.61 Å². The number of ether oxygens (including phenoxy) is 1. The molecule has 0 spiro atoms. The van der Waals surface area contributed by atoms with Crippen LogP contribution in [0.1, 0.15) is 59.7 Å². The maximum Gasteiger partial charge on any atom is 0.336 e. The number of aryl methyl sites for hydroxylation is 1. The van der Waals surface area contributed by atoms with Crippen LogP contribution >= 0.6 is 0 Å². The number of fused-ring (bicyclic) bond motifs is 1. The molecular formula is C22H23NO3. The molecule has 134 valence electrons. The Morgan fingerprint density at radius 3 is 3.00 bits per heavy atom. The van der Waals surface area contributed by atoms with E-state index >= 15 is 0 Å². The summed E-state index contributed by atoms with van der Waals surface area (Å²) in [6.07, 6.45) is 5.69. The topological polar surface area (TPSA) is 59.4 Å². The molecule has 1 aliphatic heterocycles. The first-order chi connectivity index (χ1) is 12.5. The summed E-state index contributed by atoms with van der Waals surface area (Å²) < 4.78 is 5.84. The second-order valence-electron chi connectivity index (χ2n) is 6.89. The first-order valence-electron chi connectivity index (χ1n) is 8.99. The summed E-state index contributed by atoms with van der Waals surface area (Å²) in [5, 5.41) is 9.32. The summed E-state index contributed by atoms with van der Waals surface area (Å²) in [5.41, 5.74) is 3.28. The molecule has 1 aromatic heterocycles. The lowest BCUT2D eigenvalue weighted by molar-refractivity contribution is 0.0695. The Bertz CT molecular complexity index is 861. The van der Waals surface area contributed by atoms with E-state index in [4.69, 9.17) is 4.74 Å². The highest BCUT2D eigenvalue weighted by Crippen LogP contribution is 2.37. The maximum atomic E-state index is 11.4. The number of benzene rings is 1. The van der Waals surface area contributed by atoms with E-state index in [1.165, 1.54) is 11.8 Å². The molecule has 0 aliphatic carbocycles. The first kappa shape index (κ1) is 18.0. The summed E-state index contributed by atoms with van der Waals surface area (Å²) in [7, 11) is 0. The van der Waals surface area contributed by atoms with E-state index in [1.807, 2.05) is 12.1 Å². The van der Waals surface area contributed by atoms with Crippen LogP contribution in [-0.2, 0) is 6.42 Å². The number of pyridine rings is 1. The summed E-state index contributed by atoms with van der Waals surface area (Å²) in [5.74, 6) is 7.05. The van der Waals surface area contributed by atoms with Crippen LogP contribution in [0.25, 0.3) is 0 Å². The molecule has 0 fully saturated rings. The fourth-order valence-electron chi connectivity index (χ4n) is 3.23. The molecule has 1 atom stereocenters. The Balaban J connectivity index is 1.76. The van der Waals surface area contributed by atoms with Crippen molar-refractivity contribution in [1.29, 1.82) is 0 Å². The van der Waals surface area contributed by atoms with Crippen LogP contribution in [-0.4, -0.2) is 22.7 Å². The van der Waals surface area contributed by atoms with Gasteiger partial charge in [-0.25, -0.2) is 4.79 Å². The van der Waals surface area contributed by atoms with E-state index in [2.05, 4.69) is 36.7 Å². The average Bonchev–Trinajstić information content (AvgIpc) is 2.64. The van der Waals surface area contributed by atoms with Gasteiger partial charge in [0.05, 0.1) is 12.2 Å². The van der Waals surface area contributed by atoms with Crippen molar-refractivity contribution in [3.63, 3.8) is 0 Å². The number of nitrogens with zero attached hydrogens (tertiary/aromatic N) is 1. The van der Waals surface area contributed by atoms with Gasteiger partial charge in [-0.1, -0.05) is 31.8 Å². The van der Waals surface area contributed by atoms with Crippen LogP contribution in [0.3, 0.4) is 0 Å². The number of aromatic carboxylic acids is 1. The lowest BCUT2D eigenvalue weighted by atomic mass is 9.87. The molecule has 0 bridgehead atoms. The number of carbonyl (C=O) groups is 1. The summed E-state index contributed by atoms with van der Waals surface area (Å²) in [4.78, 5) is 15.4. The zero-order valence-corrected chi connectivity index (χ0v) is 15.2. The molecule has 0 radical (unpaired) electrons. The van der Waals surface area contributed by atoms with Gasteiger partial charge in [-0.2, -0.15) is 0 Å². The molecule has 1 unspecified atom stereocenters. The van der Waals surface area contributed by atoms with E-state index < -0.39 is 5.97 Å². The van der Waals surface area contributed by atoms with E-state index in [1.54, 1.807) is 12.3 Å². The number of rotatable bonds is 4. The molecule has 0 amide bonds. The van der Waals surface area contributed by atoms with Crippen molar-refractivity contribution < 1.29 is 14.6 Å². The summed E-state index contributed by atoms with van der Waals surface area (Å²) in [6.45, 7) is 4.82. The zero-order chi connectivity index (χ0) is 18.5. The van der Waals surface area contributed by atoms with Gasteiger partial charge in [-0.3, -0.25) is 4.98 Å². The smallest absolute Gasteiger partial charge is 0.336 e. The van der Waals surface area contributed by atoms with Gasteiger partial charge < -0.3 is 9.84 Å². The van der Waals surface area contributed by atoms with Crippen LogP contribution in [0, 0.1) is 17.8 Å². The Hall–Kier alpha value is -2.80.